The second-order valence-corrected chi connectivity index (χ2v) is 7.67. The molecule has 0 atom stereocenters. The quantitative estimate of drug-likeness (QED) is 0.742. The maximum absolute atomic E-state index is 5.77. The molecule has 1 N–H and O–H groups in total. The Bertz CT molecular complexity index is 234. The van der Waals surface area contributed by atoms with Gasteiger partial charge in [0.25, 0.3) is 0 Å². The molecular weight excluding hydrogens is 226 g/mol. The van der Waals surface area contributed by atoms with E-state index in [1.165, 1.54) is 0 Å². The molecule has 108 valence electrons. The highest BCUT2D eigenvalue weighted by Gasteiger charge is 2.31. The fourth-order valence-electron chi connectivity index (χ4n) is 2.08. The number of rotatable bonds is 6. The largest absolute Gasteiger partial charge is 0.379 e. The third-order valence-corrected chi connectivity index (χ3v) is 2.85. The summed E-state index contributed by atoms with van der Waals surface area (Å²) in [6.07, 6.45) is 2.70. The molecule has 1 fully saturated rings. The van der Waals surface area contributed by atoms with Gasteiger partial charge in [-0.1, -0.05) is 20.8 Å². The van der Waals surface area contributed by atoms with Crippen LogP contribution in [0.5, 0.6) is 0 Å². The summed E-state index contributed by atoms with van der Waals surface area (Å²) in [5.74, 6) is 0. The molecule has 18 heavy (non-hydrogen) atoms. The number of nitrogens with one attached hydrogen (secondary N) is 1. The van der Waals surface area contributed by atoms with Gasteiger partial charge in [-0.3, -0.25) is 0 Å². The lowest BCUT2D eigenvalue weighted by molar-refractivity contribution is -0.0520. The maximum atomic E-state index is 5.77. The SMILES string of the molecule is CC(C)(C)COCCO[C@H]1C[C@@H](NC(C)(C)C)C1. The third-order valence-electron chi connectivity index (χ3n) is 2.85. The number of hydrogen-bond acceptors (Lipinski definition) is 3. The van der Waals surface area contributed by atoms with Gasteiger partial charge in [-0.05, 0) is 39.0 Å². The van der Waals surface area contributed by atoms with E-state index < -0.39 is 0 Å². The standard InChI is InChI=1S/C15H31NO2/c1-14(2,3)11-17-7-8-18-13-9-12(10-13)16-15(4,5)6/h12-13,16H,7-11H2,1-6H3/t12-,13+. The molecule has 0 saturated heterocycles. The maximum Gasteiger partial charge on any atom is 0.0704 e. The third kappa shape index (κ3) is 7.34. The molecule has 0 bridgehead atoms. The number of ether oxygens (including phenoxy) is 2. The predicted octanol–water partition coefficient (Wildman–Crippen LogP) is 2.98. The van der Waals surface area contributed by atoms with Crippen molar-refractivity contribution in [2.24, 2.45) is 5.41 Å². The summed E-state index contributed by atoms with van der Waals surface area (Å²) >= 11 is 0. The van der Waals surface area contributed by atoms with Crippen LogP contribution in [0.2, 0.25) is 0 Å². The second kappa shape index (κ2) is 6.36. The van der Waals surface area contributed by atoms with Crippen molar-refractivity contribution < 1.29 is 9.47 Å². The second-order valence-electron chi connectivity index (χ2n) is 7.67. The Morgan fingerprint density at radius 3 is 2.11 bits per heavy atom. The van der Waals surface area contributed by atoms with Crippen molar-refractivity contribution >= 4 is 0 Å². The van der Waals surface area contributed by atoms with Gasteiger partial charge in [0, 0.05) is 11.6 Å². The molecule has 0 radical (unpaired) electrons. The molecule has 3 heteroatoms. The van der Waals surface area contributed by atoms with Gasteiger partial charge >= 0.3 is 0 Å². The van der Waals surface area contributed by atoms with Crippen LogP contribution in [0.15, 0.2) is 0 Å². The van der Waals surface area contributed by atoms with Crippen molar-refractivity contribution in [3.05, 3.63) is 0 Å². The molecule has 0 heterocycles. The summed E-state index contributed by atoms with van der Waals surface area (Å²) in [5, 5.41) is 3.60. The van der Waals surface area contributed by atoms with Crippen molar-refractivity contribution in [1.82, 2.24) is 5.32 Å². The average molecular weight is 257 g/mol. The van der Waals surface area contributed by atoms with Crippen molar-refractivity contribution in [1.29, 1.82) is 0 Å². The van der Waals surface area contributed by atoms with Gasteiger partial charge in [0.15, 0.2) is 0 Å². The molecule has 1 saturated carbocycles. The molecule has 0 amide bonds. The van der Waals surface area contributed by atoms with E-state index in [9.17, 15) is 0 Å². The van der Waals surface area contributed by atoms with Crippen molar-refractivity contribution in [3.63, 3.8) is 0 Å². The zero-order chi connectivity index (χ0) is 13.8. The molecule has 0 spiro atoms. The lowest BCUT2D eigenvalue weighted by Gasteiger charge is -2.40. The summed E-state index contributed by atoms with van der Waals surface area (Å²) in [6, 6.07) is 0.630. The zero-order valence-corrected chi connectivity index (χ0v) is 13.0. The fraction of sp³-hybridized carbons (Fsp3) is 1.00. The van der Waals surface area contributed by atoms with E-state index in [0.29, 0.717) is 18.8 Å². The van der Waals surface area contributed by atoms with E-state index in [1.54, 1.807) is 0 Å². The molecule has 1 aliphatic rings. The van der Waals surface area contributed by atoms with Crippen LogP contribution in [-0.4, -0.2) is 37.5 Å². The molecular formula is C15H31NO2. The first-order chi connectivity index (χ1) is 8.16. The van der Waals surface area contributed by atoms with Gasteiger partial charge in [-0.2, -0.15) is 0 Å². The summed E-state index contributed by atoms with van der Waals surface area (Å²) in [5.41, 5.74) is 0.462. The van der Waals surface area contributed by atoms with E-state index in [0.717, 1.165) is 26.1 Å². The summed E-state index contributed by atoms with van der Waals surface area (Å²) < 4.78 is 11.4. The fourth-order valence-corrected chi connectivity index (χ4v) is 2.08. The molecule has 0 aromatic rings. The average Bonchev–Trinajstić information content (AvgIpc) is 2.08. The molecule has 1 aliphatic carbocycles. The van der Waals surface area contributed by atoms with Crippen molar-refractivity contribution in [2.75, 3.05) is 19.8 Å². The van der Waals surface area contributed by atoms with Crippen LogP contribution in [0, 0.1) is 5.41 Å². The monoisotopic (exact) mass is 257 g/mol. The van der Waals surface area contributed by atoms with Crippen LogP contribution < -0.4 is 5.32 Å². The molecule has 0 aliphatic heterocycles. The Labute approximate surface area is 113 Å². The molecule has 0 aromatic heterocycles. The Balaban J connectivity index is 1.94. The van der Waals surface area contributed by atoms with Crippen LogP contribution in [0.1, 0.15) is 54.4 Å². The highest BCUT2D eigenvalue weighted by Crippen LogP contribution is 2.25. The first-order valence-electron chi connectivity index (χ1n) is 7.13. The van der Waals surface area contributed by atoms with Gasteiger partial charge in [-0.25, -0.2) is 0 Å². The van der Waals surface area contributed by atoms with Crippen LogP contribution in [0.3, 0.4) is 0 Å². The van der Waals surface area contributed by atoms with E-state index in [4.69, 9.17) is 9.47 Å². The Kier molecular flexibility index (Phi) is 5.63. The lowest BCUT2D eigenvalue weighted by atomic mass is 9.87. The predicted molar refractivity (Wildman–Crippen MR) is 75.9 cm³/mol. The highest BCUT2D eigenvalue weighted by molar-refractivity contribution is 4.90. The minimum absolute atomic E-state index is 0.214. The van der Waals surface area contributed by atoms with Crippen LogP contribution in [-0.2, 0) is 9.47 Å². The Hall–Kier alpha value is -0.120. The number of hydrogen-bond donors (Lipinski definition) is 1. The van der Waals surface area contributed by atoms with Crippen molar-refractivity contribution in [2.45, 2.75) is 72.1 Å². The van der Waals surface area contributed by atoms with Gasteiger partial charge in [-0.15, -0.1) is 0 Å². The molecule has 1 rings (SSSR count). The van der Waals surface area contributed by atoms with Crippen LogP contribution >= 0.6 is 0 Å². The molecule has 0 unspecified atom stereocenters. The summed E-state index contributed by atoms with van der Waals surface area (Å²) in [6.45, 7) is 15.4. The van der Waals surface area contributed by atoms with Crippen LogP contribution in [0.25, 0.3) is 0 Å². The van der Waals surface area contributed by atoms with Crippen molar-refractivity contribution in [3.8, 4) is 0 Å². The summed E-state index contributed by atoms with van der Waals surface area (Å²) in [7, 11) is 0. The van der Waals surface area contributed by atoms with Gasteiger partial charge < -0.3 is 14.8 Å². The van der Waals surface area contributed by atoms with E-state index in [1.807, 2.05) is 0 Å². The lowest BCUT2D eigenvalue weighted by Crippen LogP contribution is -2.52. The first kappa shape index (κ1) is 15.9. The molecule has 3 nitrogen and oxygen atoms in total. The topological polar surface area (TPSA) is 30.5 Å². The highest BCUT2D eigenvalue weighted by atomic mass is 16.5. The Morgan fingerprint density at radius 2 is 1.61 bits per heavy atom. The Morgan fingerprint density at radius 1 is 1.00 bits per heavy atom. The smallest absolute Gasteiger partial charge is 0.0704 e. The van der Waals surface area contributed by atoms with Gasteiger partial charge in [0.05, 0.1) is 25.9 Å². The van der Waals surface area contributed by atoms with E-state index in [-0.39, 0.29) is 11.0 Å². The zero-order valence-electron chi connectivity index (χ0n) is 13.0. The molecule has 0 aromatic carbocycles. The first-order valence-corrected chi connectivity index (χ1v) is 7.13. The van der Waals surface area contributed by atoms with Gasteiger partial charge in [0.1, 0.15) is 0 Å². The van der Waals surface area contributed by atoms with E-state index in [2.05, 4.69) is 46.9 Å². The minimum Gasteiger partial charge on any atom is -0.379 e. The van der Waals surface area contributed by atoms with Crippen LogP contribution in [0.4, 0.5) is 0 Å². The van der Waals surface area contributed by atoms with Gasteiger partial charge in [0.2, 0.25) is 0 Å². The normalized spacial score (nSPS) is 25.0. The summed E-state index contributed by atoms with van der Waals surface area (Å²) in [4.78, 5) is 0. The minimum atomic E-state index is 0.214. The van der Waals surface area contributed by atoms with E-state index >= 15 is 0 Å².